The van der Waals surface area contributed by atoms with Crippen LogP contribution in [0.1, 0.15) is 70.4 Å². The Morgan fingerprint density at radius 1 is 1.18 bits per heavy atom. The van der Waals surface area contributed by atoms with Crippen LogP contribution >= 0.6 is 11.3 Å². The highest BCUT2D eigenvalue weighted by molar-refractivity contribution is 7.14. The zero-order valence-electron chi connectivity index (χ0n) is 20.3. The van der Waals surface area contributed by atoms with Crippen LogP contribution in [-0.2, 0) is 27.2 Å². The first kappa shape index (κ1) is 23.2. The maximum Gasteiger partial charge on any atom is 0.235 e. The van der Waals surface area contributed by atoms with Crippen molar-refractivity contribution >= 4 is 34.2 Å². The standard InChI is InChI=1S/C27H33N3O3S/c1-26(2)20-12-13-27(26,3)24(33)30(23(20)32)14-6-9-22(31)29-25-28-21(16-34-25)19-11-10-17-7-4-5-8-18(17)15-19/h10-11,15-16,20H,4-9,12-14H2,1-3H3,(H,28,29,31). The SMILES string of the molecule is CC12CCC(C(=O)N(CCCC(=O)Nc3nc(-c4ccc5c(c4)CCCC5)cs3)C1=O)C2(C)C. The largest absolute Gasteiger partial charge is 0.302 e. The van der Waals surface area contributed by atoms with Gasteiger partial charge in [-0.3, -0.25) is 19.3 Å². The number of nitrogens with zero attached hydrogens (tertiary/aromatic N) is 2. The second-order valence-electron chi connectivity index (χ2n) is 10.8. The van der Waals surface area contributed by atoms with Crippen molar-refractivity contribution in [3.05, 3.63) is 34.7 Å². The molecule has 1 aliphatic heterocycles. The Morgan fingerprint density at radius 2 is 1.94 bits per heavy atom. The van der Waals surface area contributed by atoms with E-state index in [4.69, 9.17) is 0 Å². The predicted molar refractivity (Wildman–Crippen MR) is 133 cm³/mol. The van der Waals surface area contributed by atoms with Crippen LogP contribution in [0.2, 0.25) is 0 Å². The molecule has 7 heteroatoms. The van der Waals surface area contributed by atoms with E-state index in [-0.39, 0.29) is 35.5 Å². The van der Waals surface area contributed by atoms with E-state index in [1.807, 2.05) is 26.2 Å². The molecular formula is C27H33N3O3S. The van der Waals surface area contributed by atoms with Crippen molar-refractivity contribution in [2.45, 2.75) is 72.1 Å². The molecule has 3 amide bonds. The summed E-state index contributed by atoms with van der Waals surface area (Å²) in [7, 11) is 0. The van der Waals surface area contributed by atoms with Crippen molar-refractivity contribution in [2.24, 2.45) is 16.7 Å². The minimum atomic E-state index is -0.498. The average molecular weight is 480 g/mol. The molecule has 2 unspecified atom stereocenters. The normalized spacial score (nSPS) is 25.4. The Hall–Kier alpha value is -2.54. The smallest absolute Gasteiger partial charge is 0.235 e. The Morgan fingerprint density at radius 3 is 2.74 bits per heavy atom. The van der Waals surface area contributed by atoms with Crippen molar-refractivity contribution in [3.63, 3.8) is 0 Å². The lowest BCUT2D eigenvalue weighted by molar-refractivity contribution is -0.168. The number of fused-ring (bicyclic) bond motifs is 3. The zero-order valence-corrected chi connectivity index (χ0v) is 21.1. The van der Waals surface area contributed by atoms with Crippen LogP contribution in [-0.4, -0.2) is 34.2 Å². The first-order valence-electron chi connectivity index (χ1n) is 12.4. The molecule has 1 saturated carbocycles. The Labute approximate surface area is 205 Å². The maximum absolute atomic E-state index is 13.1. The van der Waals surface area contributed by atoms with Crippen LogP contribution < -0.4 is 5.32 Å². The monoisotopic (exact) mass is 479 g/mol. The number of piperidine rings is 1. The summed E-state index contributed by atoms with van der Waals surface area (Å²) < 4.78 is 0. The van der Waals surface area contributed by atoms with Crippen molar-refractivity contribution in [1.82, 2.24) is 9.88 Å². The second-order valence-corrected chi connectivity index (χ2v) is 11.7. The van der Waals surface area contributed by atoms with E-state index in [0.29, 0.717) is 18.1 Å². The molecule has 2 aromatic rings. The number of aryl methyl sites for hydroxylation is 2. The van der Waals surface area contributed by atoms with Gasteiger partial charge in [-0.15, -0.1) is 11.3 Å². The Bertz CT molecular complexity index is 1150. The van der Waals surface area contributed by atoms with Crippen LogP contribution in [0.3, 0.4) is 0 Å². The van der Waals surface area contributed by atoms with Gasteiger partial charge < -0.3 is 5.32 Å². The van der Waals surface area contributed by atoms with E-state index < -0.39 is 5.41 Å². The van der Waals surface area contributed by atoms with Gasteiger partial charge in [0.15, 0.2) is 5.13 Å². The maximum atomic E-state index is 13.1. The quantitative estimate of drug-likeness (QED) is 0.576. The molecule has 1 N–H and O–H groups in total. The molecule has 6 nitrogen and oxygen atoms in total. The van der Waals surface area contributed by atoms with Crippen molar-refractivity contribution in [2.75, 3.05) is 11.9 Å². The van der Waals surface area contributed by atoms with E-state index in [0.717, 1.165) is 36.9 Å². The first-order valence-corrected chi connectivity index (χ1v) is 13.3. The molecular weight excluding hydrogens is 446 g/mol. The number of rotatable bonds is 6. The summed E-state index contributed by atoms with van der Waals surface area (Å²) >= 11 is 1.42. The average Bonchev–Trinajstić information content (AvgIpc) is 3.35. The van der Waals surface area contributed by atoms with Crippen LogP contribution in [0.15, 0.2) is 23.6 Å². The van der Waals surface area contributed by atoms with Gasteiger partial charge in [0.2, 0.25) is 17.7 Å². The third-order valence-electron chi connectivity index (χ3n) is 8.69. The number of likely N-dealkylation sites (tertiary alicyclic amines) is 1. The van der Waals surface area contributed by atoms with Crippen molar-refractivity contribution in [3.8, 4) is 11.3 Å². The third kappa shape index (κ3) is 3.78. The second kappa shape index (κ2) is 8.59. The zero-order chi connectivity index (χ0) is 24.1. The van der Waals surface area contributed by atoms with Crippen LogP contribution in [0.25, 0.3) is 11.3 Å². The summed E-state index contributed by atoms with van der Waals surface area (Å²) in [4.78, 5) is 44.6. The minimum absolute atomic E-state index is 0.0694. The summed E-state index contributed by atoms with van der Waals surface area (Å²) in [5.74, 6) is -0.398. The lowest BCUT2D eigenvalue weighted by atomic mass is 9.62. The Balaban J connectivity index is 1.16. The number of hydrogen-bond acceptors (Lipinski definition) is 5. The number of thiazole rings is 1. The molecule has 2 fully saturated rings. The number of carbonyl (C=O) groups excluding carboxylic acids is 3. The minimum Gasteiger partial charge on any atom is -0.302 e. The number of hydrogen-bond donors (Lipinski definition) is 1. The summed E-state index contributed by atoms with van der Waals surface area (Å²) in [6.07, 6.45) is 6.99. The van der Waals surface area contributed by atoms with Gasteiger partial charge in [0, 0.05) is 29.8 Å². The molecule has 2 bridgehead atoms. The van der Waals surface area contributed by atoms with Gasteiger partial charge in [-0.25, -0.2) is 4.98 Å². The van der Waals surface area contributed by atoms with Crippen LogP contribution in [0.5, 0.6) is 0 Å². The van der Waals surface area contributed by atoms with E-state index in [9.17, 15) is 14.4 Å². The van der Waals surface area contributed by atoms with Crippen LogP contribution in [0.4, 0.5) is 5.13 Å². The lowest BCUT2D eigenvalue weighted by Gasteiger charge is -2.47. The molecule has 1 aromatic carbocycles. The highest BCUT2D eigenvalue weighted by Crippen LogP contribution is 2.60. The number of aromatic nitrogens is 1. The van der Waals surface area contributed by atoms with Crippen LogP contribution in [0, 0.1) is 16.7 Å². The van der Waals surface area contributed by atoms with E-state index in [2.05, 4.69) is 28.5 Å². The molecule has 5 rings (SSSR count). The van der Waals surface area contributed by atoms with Crippen molar-refractivity contribution < 1.29 is 14.4 Å². The van der Waals surface area contributed by atoms with Gasteiger partial charge in [-0.1, -0.05) is 32.9 Å². The fourth-order valence-electron chi connectivity index (χ4n) is 6.05. The summed E-state index contributed by atoms with van der Waals surface area (Å²) in [5.41, 5.74) is 4.01. The Kier molecular flexibility index (Phi) is 5.87. The highest BCUT2D eigenvalue weighted by Gasteiger charge is 2.64. The summed E-state index contributed by atoms with van der Waals surface area (Å²) in [6.45, 7) is 6.37. The molecule has 0 radical (unpaired) electrons. The first-order chi connectivity index (χ1) is 16.2. The number of imide groups is 1. The van der Waals surface area contributed by atoms with E-state index in [1.165, 1.54) is 40.2 Å². The molecule has 0 spiro atoms. The highest BCUT2D eigenvalue weighted by atomic mass is 32.1. The number of anilines is 1. The molecule has 2 atom stereocenters. The fraction of sp³-hybridized carbons (Fsp3) is 0.556. The van der Waals surface area contributed by atoms with Gasteiger partial charge in [0.1, 0.15) is 0 Å². The number of benzene rings is 1. The molecule has 1 saturated heterocycles. The molecule has 3 aliphatic rings. The number of amides is 3. The molecule has 1 aromatic heterocycles. The molecule has 2 aliphatic carbocycles. The lowest BCUT2D eigenvalue weighted by Crippen LogP contribution is -2.59. The number of carbonyl (C=O) groups is 3. The van der Waals surface area contributed by atoms with E-state index in [1.54, 1.807) is 0 Å². The number of nitrogens with one attached hydrogen (secondary N) is 1. The predicted octanol–water partition coefficient (Wildman–Crippen LogP) is 5.22. The van der Waals surface area contributed by atoms with Gasteiger partial charge in [0.05, 0.1) is 11.1 Å². The summed E-state index contributed by atoms with van der Waals surface area (Å²) in [5, 5.41) is 5.44. The van der Waals surface area contributed by atoms with E-state index >= 15 is 0 Å². The van der Waals surface area contributed by atoms with Gasteiger partial charge in [-0.05, 0) is 67.6 Å². The molecule has 180 valence electrons. The van der Waals surface area contributed by atoms with Crippen molar-refractivity contribution in [1.29, 1.82) is 0 Å². The van der Waals surface area contributed by atoms with Gasteiger partial charge >= 0.3 is 0 Å². The van der Waals surface area contributed by atoms with Gasteiger partial charge in [-0.2, -0.15) is 0 Å². The topological polar surface area (TPSA) is 79.4 Å². The molecule has 34 heavy (non-hydrogen) atoms. The summed E-state index contributed by atoms with van der Waals surface area (Å²) in [6, 6.07) is 6.56. The molecule has 2 heterocycles. The van der Waals surface area contributed by atoms with Gasteiger partial charge in [0.25, 0.3) is 0 Å². The third-order valence-corrected chi connectivity index (χ3v) is 9.45. The fourth-order valence-corrected chi connectivity index (χ4v) is 6.78.